The summed E-state index contributed by atoms with van der Waals surface area (Å²) in [5.74, 6) is 0.389. The number of rotatable bonds is 5. The Labute approximate surface area is 120 Å². The van der Waals surface area contributed by atoms with Crippen LogP contribution < -0.4 is 15.8 Å². The number of amides is 1. The van der Waals surface area contributed by atoms with Crippen LogP contribution in [0.25, 0.3) is 0 Å². The first-order valence-corrected chi connectivity index (χ1v) is 6.74. The van der Waals surface area contributed by atoms with Crippen molar-refractivity contribution in [2.24, 2.45) is 0 Å². The molecule has 0 radical (unpaired) electrons. The first kappa shape index (κ1) is 14.2. The number of nitrogens with zero attached hydrogens (tertiary/aromatic N) is 2. The minimum atomic E-state index is -0.339. The van der Waals surface area contributed by atoms with Crippen LogP contribution in [-0.2, 0) is 4.79 Å². The second-order valence-corrected chi connectivity index (χ2v) is 5.33. The van der Waals surface area contributed by atoms with Crippen molar-refractivity contribution in [2.45, 2.75) is 17.3 Å². The molecule has 20 heavy (non-hydrogen) atoms. The van der Waals surface area contributed by atoms with E-state index in [2.05, 4.69) is 20.5 Å². The minimum absolute atomic E-state index is 0.171. The molecule has 7 nitrogen and oxygen atoms in total. The molecule has 2 aromatic rings. The zero-order valence-electron chi connectivity index (χ0n) is 11.1. The van der Waals surface area contributed by atoms with Crippen LogP contribution in [0.3, 0.4) is 0 Å². The van der Waals surface area contributed by atoms with Crippen molar-refractivity contribution in [2.75, 3.05) is 18.2 Å². The SMILES string of the molecule is COc1ccc(N)cc1NC(=O)C(C)Sc1ncn[nH]1. The lowest BCUT2D eigenvalue weighted by Gasteiger charge is -2.13. The van der Waals surface area contributed by atoms with Crippen LogP contribution in [0, 0.1) is 0 Å². The maximum atomic E-state index is 12.1. The molecule has 4 N–H and O–H groups in total. The number of aromatic nitrogens is 3. The van der Waals surface area contributed by atoms with Crippen molar-refractivity contribution < 1.29 is 9.53 Å². The molecule has 1 aromatic carbocycles. The maximum absolute atomic E-state index is 12.1. The number of carbonyl (C=O) groups excluding carboxylic acids is 1. The number of hydrogen-bond donors (Lipinski definition) is 3. The zero-order valence-corrected chi connectivity index (χ0v) is 11.9. The van der Waals surface area contributed by atoms with E-state index < -0.39 is 0 Å². The third-order valence-corrected chi connectivity index (χ3v) is 3.52. The average molecular weight is 293 g/mol. The predicted octanol–water partition coefficient (Wildman–Crippen LogP) is 1.51. The Morgan fingerprint density at radius 3 is 3.00 bits per heavy atom. The smallest absolute Gasteiger partial charge is 0.237 e. The summed E-state index contributed by atoms with van der Waals surface area (Å²) in [7, 11) is 1.54. The van der Waals surface area contributed by atoms with E-state index in [0.29, 0.717) is 22.3 Å². The van der Waals surface area contributed by atoms with Gasteiger partial charge in [-0.2, -0.15) is 5.10 Å². The van der Waals surface area contributed by atoms with Crippen molar-refractivity contribution in [3.63, 3.8) is 0 Å². The number of aromatic amines is 1. The molecule has 0 aliphatic carbocycles. The molecule has 1 amide bonds. The molecular weight excluding hydrogens is 278 g/mol. The van der Waals surface area contributed by atoms with E-state index in [1.165, 1.54) is 25.2 Å². The molecule has 0 saturated carbocycles. The quantitative estimate of drug-likeness (QED) is 0.570. The number of H-pyrrole nitrogens is 1. The van der Waals surface area contributed by atoms with Crippen molar-refractivity contribution in [3.8, 4) is 5.75 Å². The molecule has 1 atom stereocenters. The van der Waals surface area contributed by atoms with Crippen LogP contribution in [0.5, 0.6) is 5.75 Å². The number of methoxy groups -OCH3 is 1. The number of thioether (sulfide) groups is 1. The highest BCUT2D eigenvalue weighted by Crippen LogP contribution is 2.28. The molecule has 1 unspecified atom stereocenters. The summed E-state index contributed by atoms with van der Waals surface area (Å²) in [4.78, 5) is 16.1. The van der Waals surface area contributed by atoms with Gasteiger partial charge in [-0.1, -0.05) is 11.8 Å². The highest BCUT2D eigenvalue weighted by Gasteiger charge is 2.17. The van der Waals surface area contributed by atoms with E-state index in [1.54, 1.807) is 25.1 Å². The highest BCUT2D eigenvalue weighted by atomic mass is 32.2. The Bertz CT molecular complexity index is 588. The fraction of sp³-hybridized carbons (Fsp3) is 0.250. The summed E-state index contributed by atoms with van der Waals surface area (Å²) in [6.07, 6.45) is 1.40. The standard InChI is InChI=1S/C12H15N5O2S/c1-7(20-12-14-6-15-17-12)11(18)16-9-5-8(13)3-4-10(9)19-2/h3-7H,13H2,1-2H3,(H,16,18)(H,14,15,17). The van der Waals surface area contributed by atoms with Gasteiger partial charge in [0.25, 0.3) is 0 Å². The second-order valence-electron chi connectivity index (χ2n) is 4.00. The molecule has 0 aliphatic rings. The van der Waals surface area contributed by atoms with Gasteiger partial charge < -0.3 is 15.8 Å². The van der Waals surface area contributed by atoms with E-state index in [0.717, 1.165) is 0 Å². The summed E-state index contributed by atoms with van der Waals surface area (Å²) in [6, 6.07) is 5.07. The molecule has 0 spiro atoms. The molecule has 1 aromatic heterocycles. The van der Waals surface area contributed by atoms with Gasteiger partial charge in [-0.15, -0.1) is 0 Å². The number of anilines is 2. The van der Waals surface area contributed by atoms with Crippen molar-refractivity contribution in [3.05, 3.63) is 24.5 Å². The van der Waals surface area contributed by atoms with E-state index in [-0.39, 0.29) is 11.2 Å². The van der Waals surface area contributed by atoms with Gasteiger partial charge in [0.15, 0.2) is 5.16 Å². The summed E-state index contributed by atoms with van der Waals surface area (Å²) < 4.78 is 5.18. The van der Waals surface area contributed by atoms with Gasteiger partial charge in [-0.3, -0.25) is 9.89 Å². The lowest BCUT2D eigenvalue weighted by Crippen LogP contribution is -2.22. The lowest BCUT2D eigenvalue weighted by atomic mass is 10.2. The third-order valence-electron chi connectivity index (χ3n) is 2.53. The topological polar surface area (TPSA) is 106 Å². The number of nitrogen functional groups attached to an aromatic ring is 1. The summed E-state index contributed by atoms with van der Waals surface area (Å²) in [5, 5.41) is 9.47. The molecule has 0 aliphatic heterocycles. The summed E-state index contributed by atoms with van der Waals surface area (Å²) in [6.45, 7) is 1.78. The Morgan fingerprint density at radius 2 is 2.35 bits per heavy atom. The van der Waals surface area contributed by atoms with Crippen LogP contribution in [-0.4, -0.2) is 33.4 Å². The Hall–Kier alpha value is -2.22. The Kier molecular flexibility index (Phi) is 4.46. The van der Waals surface area contributed by atoms with Crippen LogP contribution >= 0.6 is 11.8 Å². The highest BCUT2D eigenvalue weighted by molar-refractivity contribution is 8.00. The largest absolute Gasteiger partial charge is 0.495 e. The summed E-state index contributed by atoms with van der Waals surface area (Å²) >= 11 is 1.28. The Morgan fingerprint density at radius 1 is 1.55 bits per heavy atom. The van der Waals surface area contributed by atoms with Crippen molar-refractivity contribution in [1.82, 2.24) is 15.2 Å². The predicted molar refractivity (Wildman–Crippen MR) is 77.7 cm³/mol. The summed E-state index contributed by atoms with van der Waals surface area (Å²) in [5.41, 5.74) is 6.80. The van der Waals surface area contributed by atoms with Gasteiger partial charge in [0.05, 0.1) is 18.0 Å². The molecular formula is C12H15N5O2S. The third kappa shape index (κ3) is 3.41. The fourth-order valence-electron chi connectivity index (χ4n) is 1.53. The maximum Gasteiger partial charge on any atom is 0.237 e. The number of benzene rings is 1. The van der Waals surface area contributed by atoms with Gasteiger partial charge in [-0.05, 0) is 25.1 Å². The number of nitrogens with one attached hydrogen (secondary N) is 2. The molecule has 2 rings (SSSR count). The Balaban J connectivity index is 2.05. The van der Waals surface area contributed by atoms with Crippen LogP contribution in [0.1, 0.15) is 6.92 Å². The van der Waals surface area contributed by atoms with Crippen LogP contribution in [0.2, 0.25) is 0 Å². The minimum Gasteiger partial charge on any atom is -0.495 e. The van der Waals surface area contributed by atoms with Crippen molar-refractivity contribution >= 4 is 29.0 Å². The second kappa shape index (κ2) is 6.29. The zero-order chi connectivity index (χ0) is 14.5. The molecule has 0 bridgehead atoms. The molecule has 1 heterocycles. The number of ether oxygens (including phenoxy) is 1. The number of hydrogen-bond acceptors (Lipinski definition) is 6. The van der Waals surface area contributed by atoms with Crippen LogP contribution in [0.15, 0.2) is 29.7 Å². The van der Waals surface area contributed by atoms with Crippen molar-refractivity contribution in [1.29, 1.82) is 0 Å². The number of nitrogens with two attached hydrogens (primary N) is 1. The first-order valence-electron chi connectivity index (χ1n) is 5.86. The van der Waals surface area contributed by atoms with Gasteiger partial charge >= 0.3 is 0 Å². The first-order chi connectivity index (χ1) is 9.60. The lowest BCUT2D eigenvalue weighted by molar-refractivity contribution is -0.115. The number of carbonyl (C=O) groups is 1. The molecule has 8 heteroatoms. The monoisotopic (exact) mass is 293 g/mol. The van der Waals surface area contributed by atoms with Crippen LogP contribution in [0.4, 0.5) is 11.4 Å². The van der Waals surface area contributed by atoms with Gasteiger partial charge in [0, 0.05) is 5.69 Å². The van der Waals surface area contributed by atoms with E-state index in [9.17, 15) is 4.79 Å². The average Bonchev–Trinajstić information content (AvgIpc) is 2.91. The van der Waals surface area contributed by atoms with E-state index >= 15 is 0 Å². The van der Waals surface area contributed by atoms with E-state index in [1.807, 2.05) is 0 Å². The molecule has 0 fully saturated rings. The van der Waals surface area contributed by atoms with E-state index in [4.69, 9.17) is 10.5 Å². The molecule has 0 saturated heterocycles. The molecule has 106 valence electrons. The van der Waals surface area contributed by atoms with Gasteiger partial charge in [0.1, 0.15) is 12.1 Å². The normalized spacial score (nSPS) is 11.9. The van der Waals surface area contributed by atoms with Gasteiger partial charge in [0.2, 0.25) is 5.91 Å². The van der Waals surface area contributed by atoms with Gasteiger partial charge in [-0.25, -0.2) is 4.98 Å². The fourth-order valence-corrected chi connectivity index (χ4v) is 2.24.